The van der Waals surface area contributed by atoms with Crippen LogP contribution in [0.5, 0.6) is 11.5 Å². The average molecular weight is 754 g/mol. The number of hydrogen-bond donors (Lipinski definition) is 0. The fourth-order valence-corrected chi connectivity index (χ4v) is 8.50. The lowest BCUT2D eigenvalue weighted by molar-refractivity contribution is 0.421. The van der Waals surface area contributed by atoms with Crippen molar-refractivity contribution >= 4 is 40.1 Å². The van der Waals surface area contributed by atoms with Crippen molar-refractivity contribution in [2.45, 2.75) is 31.8 Å². The van der Waals surface area contributed by atoms with E-state index in [2.05, 4.69) is 148 Å². The van der Waals surface area contributed by atoms with E-state index in [1.165, 1.54) is 11.4 Å². The Bertz CT molecular complexity index is 2730. The molecule has 0 saturated carbocycles. The van der Waals surface area contributed by atoms with Crippen LogP contribution < -0.4 is 24.2 Å². The van der Waals surface area contributed by atoms with E-state index < -0.39 is 6.17 Å². The first-order chi connectivity index (χ1) is 28.8. The van der Waals surface area contributed by atoms with Gasteiger partial charge in [-0.05, 0) is 104 Å². The summed E-state index contributed by atoms with van der Waals surface area (Å²) in [7, 11) is 0. The molecule has 5 aliphatic rings. The maximum absolute atomic E-state index is 6.37. The first-order valence-electron chi connectivity index (χ1n) is 20.0. The van der Waals surface area contributed by atoms with Crippen LogP contribution in [0, 0.1) is 0 Å². The molecule has 7 heteroatoms. The summed E-state index contributed by atoms with van der Waals surface area (Å²) < 4.78 is 12.7. The number of hydrogen-bond acceptors (Lipinski definition) is 7. The second-order valence-corrected chi connectivity index (χ2v) is 14.8. The summed E-state index contributed by atoms with van der Waals surface area (Å²) in [5.41, 5.74) is 10.6. The molecular weight excluding hydrogens is 715 g/mol. The van der Waals surface area contributed by atoms with Crippen molar-refractivity contribution in [2.75, 3.05) is 14.7 Å². The number of amidine groups is 2. The molecule has 3 heterocycles. The summed E-state index contributed by atoms with van der Waals surface area (Å²) in [6.07, 6.45) is 11.9. The molecule has 0 aromatic heterocycles. The Balaban J connectivity index is 1.03. The minimum absolute atomic E-state index is 0.408. The summed E-state index contributed by atoms with van der Waals surface area (Å²) in [4.78, 5) is 17.8. The van der Waals surface area contributed by atoms with Crippen LogP contribution in [-0.2, 0) is 0 Å². The molecular formula is C51H39N5O2. The normalized spacial score (nSPS) is 18.0. The molecule has 7 nitrogen and oxygen atoms in total. The molecule has 58 heavy (non-hydrogen) atoms. The highest BCUT2D eigenvalue weighted by Gasteiger charge is 2.34. The van der Waals surface area contributed by atoms with Crippen LogP contribution in [-0.4, -0.2) is 11.7 Å². The predicted molar refractivity (Wildman–Crippen MR) is 233 cm³/mol. The summed E-state index contributed by atoms with van der Waals surface area (Å²) in [6.45, 7) is 0. The minimum atomic E-state index is -0.408. The van der Waals surface area contributed by atoms with Gasteiger partial charge in [0.2, 0.25) is 0 Å². The Kier molecular flexibility index (Phi) is 8.35. The highest BCUT2D eigenvalue weighted by Crippen LogP contribution is 2.47. The zero-order chi connectivity index (χ0) is 38.4. The first-order valence-corrected chi connectivity index (χ1v) is 20.0. The molecule has 0 N–H and O–H groups in total. The van der Waals surface area contributed by atoms with Crippen molar-refractivity contribution < 1.29 is 9.47 Å². The largest absolute Gasteiger partial charge is 0.453 e. The van der Waals surface area contributed by atoms with E-state index in [-0.39, 0.29) is 0 Å². The molecule has 11 rings (SSSR count). The van der Waals surface area contributed by atoms with Gasteiger partial charge in [-0.15, -0.1) is 0 Å². The number of benzene rings is 6. The van der Waals surface area contributed by atoms with Gasteiger partial charge in [-0.2, -0.15) is 0 Å². The van der Waals surface area contributed by atoms with Crippen LogP contribution in [0.3, 0.4) is 0 Å². The second kappa shape index (κ2) is 14.3. The highest BCUT2D eigenvalue weighted by atomic mass is 16.5. The zero-order valence-corrected chi connectivity index (χ0v) is 31.8. The van der Waals surface area contributed by atoms with Crippen molar-refractivity contribution in [3.8, 4) is 11.5 Å². The van der Waals surface area contributed by atoms with Crippen molar-refractivity contribution in [3.05, 3.63) is 222 Å². The van der Waals surface area contributed by atoms with Crippen LogP contribution in [0.15, 0.2) is 215 Å². The molecule has 1 atom stereocenters. The Morgan fingerprint density at radius 1 is 0.483 bits per heavy atom. The van der Waals surface area contributed by atoms with Gasteiger partial charge in [-0.3, -0.25) is 4.90 Å². The van der Waals surface area contributed by atoms with Gasteiger partial charge in [-0.1, -0.05) is 109 Å². The minimum Gasteiger partial charge on any atom is -0.453 e. The molecule has 0 amide bonds. The van der Waals surface area contributed by atoms with E-state index >= 15 is 0 Å². The monoisotopic (exact) mass is 753 g/mol. The standard InChI is InChI=1S/C51H39N5O2/c1-3-15-35(16-4-1)49-52-50(36-17-5-2-6-18-36)56(40-33-31-39(32-34-40)55-43-21-9-13-25-47(43)58-48-26-14-10-22-44(48)55)51(53-49)37-27-29-38(30-28-37)54-41-19-7-11-23-45(41)57-46-24-12-8-20-42(46)54/h1-7,9,11-19,21,23-34,51H,8,10,20,22H2. The molecule has 6 aromatic rings. The Morgan fingerprint density at radius 3 is 1.53 bits per heavy atom. The summed E-state index contributed by atoms with van der Waals surface area (Å²) in [5, 5.41) is 0. The summed E-state index contributed by atoms with van der Waals surface area (Å²) in [5.74, 6) is 5.05. The third-order valence-electron chi connectivity index (χ3n) is 11.2. The average Bonchev–Trinajstić information content (AvgIpc) is 3.30. The van der Waals surface area contributed by atoms with E-state index in [1.807, 2.05) is 48.5 Å². The number of fused-ring (bicyclic) bond motifs is 2. The van der Waals surface area contributed by atoms with Crippen LogP contribution in [0.4, 0.5) is 28.4 Å². The molecule has 1 unspecified atom stereocenters. The first kappa shape index (κ1) is 33.9. The third kappa shape index (κ3) is 5.91. The number of aliphatic imine (C=N–C) groups is 2. The van der Waals surface area contributed by atoms with Gasteiger partial charge in [-0.25, -0.2) is 9.98 Å². The van der Waals surface area contributed by atoms with Gasteiger partial charge in [0, 0.05) is 28.2 Å². The van der Waals surface area contributed by atoms with E-state index in [0.717, 1.165) is 99.7 Å². The molecule has 2 aliphatic carbocycles. The van der Waals surface area contributed by atoms with Gasteiger partial charge in [0.25, 0.3) is 0 Å². The topological polar surface area (TPSA) is 52.9 Å². The van der Waals surface area contributed by atoms with E-state index in [0.29, 0.717) is 5.84 Å². The fourth-order valence-electron chi connectivity index (χ4n) is 8.50. The molecule has 0 fully saturated rings. The van der Waals surface area contributed by atoms with Crippen molar-refractivity contribution in [1.82, 2.24) is 0 Å². The van der Waals surface area contributed by atoms with Gasteiger partial charge in [0.05, 0.1) is 22.8 Å². The highest BCUT2D eigenvalue weighted by molar-refractivity contribution is 6.19. The quantitative estimate of drug-likeness (QED) is 0.170. The van der Waals surface area contributed by atoms with Crippen molar-refractivity contribution in [1.29, 1.82) is 0 Å². The molecule has 280 valence electrons. The van der Waals surface area contributed by atoms with E-state index in [1.54, 1.807) is 0 Å². The van der Waals surface area contributed by atoms with Crippen LogP contribution >= 0.6 is 0 Å². The number of nitrogens with zero attached hydrogens (tertiary/aromatic N) is 5. The lowest BCUT2D eigenvalue weighted by Gasteiger charge is -2.38. The van der Waals surface area contributed by atoms with Gasteiger partial charge in [0.15, 0.2) is 23.5 Å². The van der Waals surface area contributed by atoms with Gasteiger partial charge in [0.1, 0.15) is 17.4 Å². The number of anilines is 5. The Labute approximate surface area is 338 Å². The molecule has 3 aliphatic heterocycles. The summed E-state index contributed by atoms with van der Waals surface area (Å²) >= 11 is 0. The molecule has 0 saturated heterocycles. The second-order valence-electron chi connectivity index (χ2n) is 14.8. The van der Waals surface area contributed by atoms with E-state index in [4.69, 9.17) is 19.5 Å². The van der Waals surface area contributed by atoms with Gasteiger partial charge >= 0.3 is 0 Å². The molecule has 0 radical (unpaired) electrons. The van der Waals surface area contributed by atoms with E-state index in [9.17, 15) is 0 Å². The molecule has 6 aromatic carbocycles. The fraction of sp³-hybridized carbons (Fsp3) is 0.0980. The number of ether oxygens (including phenoxy) is 2. The smallest absolute Gasteiger partial charge is 0.159 e. The predicted octanol–water partition coefficient (Wildman–Crippen LogP) is 12.3. The van der Waals surface area contributed by atoms with Crippen LogP contribution in [0.1, 0.15) is 48.5 Å². The lowest BCUT2D eigenvalue weighted by Crippen LogP contribution is -2.39. The van der Waals surface area contributed by atoms with Crippen LogP contribution in [0.25, 0.3) is 0 Å². The van der Waals surface area contributed by atoms with Gasteiger partial charge < -0.3 is 19.3 Å². The van der Waals surface area contributed by atoms with Crippen molar-refractivity contribution in [3.63, 3.8) is 0 Å². The maximum Gasteiger partial charge on any atom is 0.159 e. The SMILES string of the molecule is C1=CC2=C(CC1)N(c1ccc(C3N=C(c4ccccc4)N=C(c4ccccc4)N3c3ccc(N4C5=C(C=CCC5)Oc5ccccc54)cc3)cc1)c1ccccc1O2. The zero-order valence-electron chi connectivity index (χ0n) is 31.8. The van der Waals surface area contributed by atoms with Crippen molar-refractivity contribution in [2.24, 2.45) is 9.98 Å². The number of para-hydroxylation sites is 4. The lowest BCUT2D eigenvalue weighted by atomic mass is 10.0. The Hall–Kier alpha value is -7.38. The summed E-state index contributed by atoms with van der Waals surface area (Å²) in [6, 6.07) is 54.9. The van der Waals surface area contributed by atoms with Crippen LogP contribution in [0.2, 0.25) is 0 Å². The Morgan fingerprint density at radius 2 is 0.966 bits per heavy atom. The molecule has 0 bridgehead atoms. The third-order valence-corrected chi connectivity index (χ3v) is 11.2. The number of allylic oxidation sites excluding steroid dienone is 6. The maximum atomic E-state index is 6.37. The number of rotatable bonds is 6. The molecule has 0 spiro atoms.